The summed E-state index contributed by atoms with van der Waals surface area (Å²) >= 11 is 0. The zero-order chi connectivity index (χ0) is 23.6. The number of hydrogen-bond donors (Lipinski definition) is 1. The summed E-state index contributed by atoms with van der Waals surface area (Å²) in [5.74, 6) is 0.206. The van der Waals surface area contributed by atoms with Crippen molar-refractivity contribution in [3.05, 3.63) is 77.9 Å². The number of aromatic carboxylic acids is 1. The van der Waals surface area contributed by atoms with E-state index in [1.54, 1.807) is 30.3 Å². The van der Waals surface area contributed by atoms with Gasteiger partial charge in [-0.3, -0.25) is 0 Å². The van der Waals surface area contributed by atoms with Crippen LogP contribution in [0.2, 0.25) is 0 Å². The summed E-state index contributed by atoms with van der Waals surface area (Å²) in [5, 5.41) is 22.9. The van der Waals surface area contributed by atoms with Crippen molar-refractivity contribution >= 4 is 23.0 Å². The molecule has 0 saturated carbocycles. The van der Waals surface area contributed by atoms with Crippen molar-refractivity contribution in [3.8, 4) is 17.2 Å². The molecular weight excluding hydrogens is 443 g/mol. The van der Waals surface area contributed by atoms with Crippen LogP contribution in [0.3, 0.4) is 0 Å². The number of fused-ring (bicyclic) bond motifs is 1. The van der Waals surface area contributed by atoms with E-state index >= 15 is 0 Å². The monoisotopic (exact) mass is 470 g/mol. The molecule has 0 aromatic heterocycles. The molecular formula is C27H27NaO6. The molecule has 0 unspecified atom stereocenters. The number of aromatic hydroxyl groups is 1. The fraction of sp³-hybridized carbons (Fsp3) is 0.259. The van der Waals surface area contributed by atoms with E-state index < -0.39 is 5.97 Å². The number of carboxylic acid groups (broad SMARTS) is 1. The Morgan fingerprint density at radius 3 is 2.26 bits per heavy atom. The van der Waals surface area contributed by atoms with Gasteiger partial charge in [-0.05, 0) is 71.8 Å². The first-order valence-electron chi connectivity index (χ1n) is 10.9. The Morgan fingerprint density at radius 2 is 1.59 bits per heavy atom. The van der Waals surface area contributed by atoms with Gasteiger partial charge in [0.2, 0.25) is 0 Å². The zero-order valence-electron chi connectivity index (χ0n) is 19.4. The van der Waals surface area contributed by atoms with E-state index in [0.29, 0.717) is 30.9 Å². The smallest absolute Gasteiger partial charge is 0.545 e. The maximum Gasteiger partial charge on any atom is 1.00 e. The summed E-state index contributed by atoms with van der Waals surface area (Å²) in [6.45, 7) is 4.74. The fourth-order valence-corrected chi connectivity index (χ4v) is 3.62. The van der Waals surface area contributed by atoms with Crippen LogP contribution in [-0.2, 0) is 17.6 Å². The molecule has 0 fully saturated rings. The average molecular weight is 470 g/mol. The Labute approximate surface area is 221 Å². The summed E-state index contributed by atoms with van der Waals surface area (Å²) in [4.78, 5) is 21.9. The Morgan fingerprint density at radius 1 is 0.912 bits per heavy atom. The van der Waals surface area contributed by atoms with Gasteiger partial charge >= 0.3 is 29.6 Å². The number of carbonyl (C=O) groups excluding carboxylic acids is 2. The van der Waals surface area contributed by atoms with E-state index in [4.69, 9.17) is 9.47 Å². The molecule has 172 valence electrons. The van der Waals surface area contributed by atoms with Gasteiger partial charge in [0.1, 0.15) is 23.5 Å². The summed E-state index contributed by atoms with van der Waals surface area (Å²) in [7, 11) is 0. The minimum absolute atomic E-state index is 0. The van der Waals surface area contributed by atoms with Gasteiger partial charge < -0.3 is 29.3 Å². The van der Waals surface area contributed by atoms with Crippen LogP contribution in [0.1, 0.15) is 40.7 Å². The van der Waals surface area contributed by atoms with Gasteiger partial charge in [-0.25, -0.2) is 0 Å². The van der Waals surface area contributed by atoms with Crippen LogP contribution in [0.5, 0.6) is 17.2 Å². The number of hydrogen-bond acceptors (Lipinski definition) is 6. The molecule has 1 N–H and O–H groups in total. The summed E-state index contributed by atoms with van der Waals surface area (Å²) < 4.78 is 11.6. The average Bonchev–Trinajstić information content (AvgIpc) is 2.80. The third kappa shape index (κ3) is 7.62. The van der Waals surface area contributed by atoms with Crippen LogP contribution in [0.4, 0.5) is 0 Å². The van der Waals surface area contributed by atoms with Gasteiger partial charge in [-0.1, -0.05) is 24.3 Å². The van der Waals surface area contributed by atoms with Crippen LogP contribution in [-0.4, -0.2) is 30.6 Å². The van der Waals surface area contributed by atoms with Crippen molar-refractivity contribution in [1.82, 2.24) is 0 Å². The maximum absolute atomic E-state index is 11.0. The molecule has 0 atom stereocenters. The number of benzene rings is 3. The second-order valence-corrected chi connectivity index (χ2v) is 7.71. The van der Waals surface area contributed by atoms with E-state index in [1.165, 1.54) is 6.07 Å². The van der Waals surface area contributed by atoms with Gasteiger partial charge in [0.25, 0.3) is 0 Å². The summed E-state index contributed by atoms with van der Waals surface area (Å²) in [6.07, 6.45) is 5.80. The van der Waals surface area contributed by atoms with Crippen molar-refractivity contribution in [1.29, 1.82) is 0 Å². The number of aldehydes is 1. The largest absolute Gasteiger partial charge is 1.00 e. The number of phenols is 1. The minimum atomic E-state index is -1.19. The first kappa shape index (κ1) is 27.4. The van der Waals surface area contributed by atoms with Gasteiger partial charge in [-0.2, -0.15) is 0 Å². The van der Waals surface area contributed by atoms with Crippen LogP contribution in [0.15, 0.2) is 61.2 Å². The number of unbranched alkanes of at least 4 members (excludes halogenated alkanes) is 2. The predicted molar refractivity (Wildman–Crippen MR) is 125 cm³/mol. The quantitative estimate of drug-likeness (QED) is 0.173. The molecule has 0 amide bonds. The number of allylic oxidation sites excluding steroid dienone is 1. The molecule has 0 heterocycles. The van der Waals surface area contributed by atoms with Gasteiger partial charge in [0.05, 0.1) is 19.2 Å². The topological polar surface area (TPSA) is 95.9 Å². The number of ether oxygens (including phenoxy) is 2. The first-order valence-corrected chi connectivity index (χ1v) is 10.9. The molecule has 0 saturated heterocycles. The van der Waals surface area contributed by atoms with Crippen molar-refractivity contribution in [2.45, 2.75) is 32.1 Å². The second kappa shape index (κ2) is 13.8. The molecule has 3 rings (SSSR count). The number of carbonyl (C=O) groups is 2. The van der Waals surface area contributed by atoms with Crippen LogP contribution in [0.25, 0.3) is 10.8 Å². The molecule has 3 aromatic rings. The van der Waals surface area contributed by atoms with Gasteiger partial charge in [0, 0.05) is 18.1 Å². The predicted octanol–water partition coefficient (Wildman–Crippen LogP) is 1.01. The summed E-state index contributed by atoms with van der Waals surface area (Å²) in [6, 6.07) is 13.8. The Kier molecular flexibility index (Phi) is 11.1. The van der Waals surface area contributed by atoms with Crippen molar-refractivity contribution in [2.75, 3.05) is 13.2 Å². The molecule has 0 spiro atoms. The van der Waals surface area contributed by atoms with Gasteiger partial charge in [-0.15, -0.1) is 6.58 Å². The fourth-order valence-electron chi connectivity index (χ4n) is 3.62. The van der Waals surface area contributed by atoms with Crippen molar-refractivity contribution < 1.29 is 58.8 Å². The molecule has 0 aliphatic heterocycles. The van der Waals surface area contributed by atoms with E-state index in [-0.39, 0.29) is 47.3 Å². The Balaban J connectivity index is 0.00000408. The zero-order valence-corrected chi connectivity index (χ0v) is 21.4. The van der Waals surface area contributed by atoms with E-state index in [1.807, 2.05) is 18.2 Å². The van der Waals surface area contributed by atoms with Crippen molar-refractivity contribution in [3.63, 3.8) is 0 Å². The normalized spacial score (nSPS) is 10.4. The van der Waals surface area contributed by atoms with E-state index in [0.717, 1.165) is 47.6 Å². The third-order valence-electron chi connectivity index (χ3n) is 5.32. The second-order valence-electron chi connectivity index (χ2n) is 7.71. The standard InChI is InChI=1S/C27H28O6.Na/c1-2-6-25-21(11-12-28)17-24(18-26(25)29)33-14-5-3-4-13-32-23-10-9-19-15-22(27(30)31)8-7-20(19)16-23;/h2,7-10,12,15-18,29H,1,3-6,11,13-14H2,(H,30,31);/q;+1/p-1. The Hall–Kier alpha value is -2.80. The molecule has 34 heavy (non-hydrogen) atoms. The van der Waals surface area contributed by atoms with Gasteiger partial charge in [0.15, 0.2) is 0 Å². The molecule has 6 nitrogen and oxygen atoms in total. The molecule has 7 heteroatoms. The van der Waals surface area contributed by atoms with Crippen molar-refractivity contribution in [2.24, 2.45) is 0 Å². The molecule has 0 aliphatic carbocycles. The minimum Gasteiger partial charge on any atom is -0.545 e. The van der Waals surface area contributed by atoms with Crippen LogP contribution < -0.4 is 44.1 Å². The molecule has 0 bridgehead atoms. The van der Waals surface area contributed by atoms with Crippen LogP contribution >= 0.6 is 0 Å². The van der Waals surface area contributed by atoms with E-state index in [9.17, 15) is 19.8 Å². The third-order valence-corrected chi connectivity index (χ3v) is 5.32. The molecule has 0 aliphatic rings. The molecule has 3 aromatic carbocycles. The first-order chi connectivity index (χ1) is 16.0. The number of phenolic OH excluding ortho intramolecular Hbond substituents is 1. The van der Waals surface area contributed by atoms with E-state index in [2.05, 4.69) is 6.58 Å². The Bertz CT molecular complexity index is 1140. The SMILES string of the molecule is C=CCc1c(O)cc(OCCCCCOc2ccc3cc(C(=O)[O-])ccc3c2)cc1CC=O.[Na+]. The van der Waals surface area contributed by atoms with Crippen LogP contribution in [0, 0.1) is 0 Å². The number of carboxylic acids is 1. The summed E-state index contributed by atoms with van der Waals surface area (Å²) in [5.41, 5.74) is 1.61. The maximum atomic E-state index is 11.0. The number of rotatable bonds is 13. The molecule has 0 radical (unpaired) electrons.